The van der Waals surface area contributed by atoms with Crippen molar-refractivity contribution in [2.45, 2.75) is 314 Å². The van der Waals surface area contributed by atoms with Gasteiger partial charge in [-0.1, -0.05) is 249 Å². The third-order valence-corrected chi connectivity index (χ3v) is 13.9. The van der Waals surface area contributed by atoms with Gasteiger partial charge in [-0.3, -0.25) is 14.4 Å². The van der Waals surface area contributed by atoms with Gasteiger partial charge in [0, 0.05) is 19.3 Å². The van der Waals surface area contributed by atoms with Gasteiger partial charge in [-0.05, 0) is 57.8 Å². The van der Waals surface area contributed by atoms with Crippen LogP contribution in [0.5, 0.6) is 0 Å². The van der Waals surface area contributed by atoms with Crippen LogP contribution in [0.2, 0.25) is 0 Å². The van der Waals surface area contributed by atoms with Gasteiger partial charge in [0.25, 0.3) is 0 Å². The Labute approximate surface area is 456 Å². The Morgan fingerprint density at radius 2 is 0.840 bits per heavy atom. The molecule has 1 heterocycles. The molecule has 0 aliphatic carbocycles. The molecule has 434 valence electrons. The Hall–Kier alpha value is -3.32. The van der Waals surface area contributed by atoms with E-state index in [4.69, 9.17) is 23.7 Å². The molecule has 3 N–H and O–H groups in total. The van der Waals surface area contributed by atoms with Gasteiger partial charge in [-0.25, -0.2) is 4.79 Å². The highest BCUT2D eigenvalue weighted by Gasteiger charge is 2.50. The van der Waals surface area contributed by atoms with Crippen LogP contribution >= 0.6 is 0 Å². The van der Waals surface area contributed by atoms with Gasteiger partial charge in [0.15, 0.2) is 24.6 Å². The summed E-state index contributed by atoms with van der Waals surface area (Å²) in [6, 6.07) is 0. The van der Waals surface area contributed by atoms with Gasteiger partial charge < -0.3 is 39.0 Å². The minimum atomic E-state index is -1.91. The zero-order valence-electron chi connectivity index (χ0n) is 47.8. The van der Waals surface area contributed by atoms with Gasteiger partial charge >= 0.3 is 23.9 Å². The standard InChI is InChI=1S/C63H110O12/c1-4-7-10-13-16-19-22-24-26-27-28-29-31-32-35-37-40-43-46-49-55(64)71-52-54(73-56(65)50-47-44-41-38-34-21-18-15-12-9-6-3)53-72-63-61(59(68)58(67)60(75-63)62(69)70)74-57(66)51-48-45-42-39-36-33-30-25-23-20-17-14-11-8-5-2/h8,11,17,20,25,30,36,39,54,58-61,63,67-68H,4-7,9-10,12-16,18-19,21-24,26-29,31-35,37-38,40-53H2,1-3H3,(H,69,70)/b11-8-,20-17-,30-25-,39-36-. The highest BCUT2D eigenvalue weighted by atomic mass is 16.7. The maximum Gasteiger partial charge on any atom is 0.335 e. The minimum absolute atomic E-state index is 0.0106. The first kappa shape index (κ1) is 69.7. The maximum absolute atomic E-state index is 13.1. The highest BCUT2D eigenvalue weighted by molar-refractivity contribution is 5.74. The molecule has 12 nitrogen and oxygen atoms in total. The van der Waals surface area contributed by atoms with Crippen LogP contribution < -0.4 is 0 Å². The van der Waals surface area contributed by atoms with Crippen molar-refractivity contribution in [2.75, 3.05) is 13.2 Å². The summed E-state index contributed by atoms with van der Waals surface area (Å²) >= 11 is 0. The number of esters is 3. The smallest absolute Gasteiger partial charge is 0.335 e. The minimum Gasteiger partial charge on any atom is -0.479 e. The van der Waals surface area contributed by atoms with Crippen LogP contribution in [-0.4, -0.2) is 89.2 Å². The van der Waals surface area contributed by atoms with Crippen molar-refractivity contribution in [3.8, 4) is 0 Å². The molecule has 0 amide bonds. The zero-order valence-corrected chi connectivity index (χ0v) is 47.8. The van der Waals surface area contributed by atoms with E-state index in [9.17, 15) is 34.5 Å². The molecule has 0 radical (unpaired) electrons. The lowest BCUT2D eigenvalue weighted by Gasteiger charge is -2.40. The van der Waals surface area contributed by atoms with Crippen molar-refractivity contribution in [2.24, 2.45) is 0 Å². The number of carbonyl (C=O) groups excluding carboxylic acids is 3. The van der Waals surface area contributed by atoms with Crippen molar-refractivity contribution in [3.05, 3.63) is 48.6 Å². The number of allylic oxidation sites excluding steroid dienone is 8. The van der Waals surface area contributed by atoms with Gasteiger partial charge in [0.1, 0.15) is 18.8 Å². The zero-order chi connectivity index (χ0) is 54.7. The molecule has 0 spiro atoms. The Morgan fingerprint density at radius 3 is 1.28 bits per heavy atom. The summed E-state index contributed by atoms with van der Waals surface area (Å²) in [7, 11) is 0. The van der Waals surface area contributed by atoms with Crippen LogP contribution in [0, 0.1) is 0 Å². The number of aliphatic hydroxyl groups excluding tert-OH is 2. The predicted octanol–water partition coefficient (Wildman–Crippen LogP) is 15.8. The molecule has 75 heavy (non-hydrogen) atoms. The molecule has 0 saturated carbocycles. The largest absolute Gasteiger partial charge is 0.479 e. The molecular weight excluding hydrogens is 949 g/mol. The summed E-state index contributed by atoms with van der Waals surface area (Å²) in [5.41, 5.74) is 0. The quantitative estimate of drug-likeness (QED) is 0.0228. The molecule has 0 aromatic heterocycles. The molecule has 1 rings (SSSR count). The monoisotopic (exact) mass is 1060 g/mol. The summed E-state index contributed by atoms with van der Waals surface area (Å²) in [5.74, 6) is -3.15. The molecular formula is C63H110O12. The highest BCUT2D eigenvalue weighted by Crippen LogP contribution is 2.26. The average Bonchev–Trinajstić information content (AvgIpc) is 3.39. The maximum atomic E-state index is 13.1. The molecule has 12 heteroatoms. The molecule has 6 atom stereocenters. The fourth-order valence-electron chi connectivity index (χ4n) is 9.24. The van der Waals surface area contributed by atoms with E-state index >= 15 is 0 Å². The van der Waals surface area contributed by atoms with Crippen molar-refractivity contribution in [1.29, 1.82) is 0 Å². The number of aliphatic hydroxyl groups is 2. The second-order valence-electron chi connectivity index (χ2n) is 21.0. The van der Waals surface area contributed by atoms with E-state index in [2.05, 4.69) is 69.4 Å². The Morgan fingerprint density at radius 1 is 0.453 bits per heavy atom. The second kappa shape index (κ2) is 51.4. The van der Waals surface area contributed by atoms with E-state index < -0.39 is 67.3 Å². The third-order valence-electron chi connectivity index (χ3n) is 13.9. The summed E-state index contributed by atoms with van der Waals surface area (Å²) in [4.78, 5) is 51.1. The average molecular weight is 1060 g/mol. The Bertz CT molecular complexity index is 1490. The third kappa shape index (κ3) is 41.5. The number of unbranched alkanes of at least 4 members (excludes halogenated alkanes) is 30. The van der Waals surface area contributed by atoms with Crippen molar-refractivity contribution in [1.82, 2.24) is 0 Å². The molecule has 1 saturated heterocycles. The first-order valence-electron chi connectivity index (χ1n) is 30.6. The lowest BCUT2D eigenvalue weighted by atomic mass is 9.98. The summed E-state index contributed by atoms with van der Waals surface area (Å²) in [6.07, 6.45) is 49.5. The van der Waals surface area contributed by atoms with Crippen LogP contribution in [0.4, 0.5) is 0 Å². The molecule has 0 bridgehead atoms. The van der Waals surface area contributed by atoms with Gasteiger partial charge in [-0.2, -0.15) is 0 Å². The van der Waals surface area contributed by atoms with Crippen LogP contribution in [-0.2, 0) is 42.9 Å². The number of hydrogen-bond acceptors (Lipinski definition) is 11. The van der Waals surface area contributed by atoms with E-state index in [0.717, 1.165) is 70.6 Å². The van der Waals surface area contributed by atoms with Crippen LogP contribution in [0.1, 0.15) is 278 Å². The van der Waals surface area contributed by atoms with Gasteiger partial charge in [0.2, 0.25) is 0 Å². The normalized spacial score (nSPS) is 18.4. The number of ether oxygens (including phenoxy) is 5. The molecule has 1 fully saturated rings. The fraction of sp³-hybridized carbons (Fsp3) is 0.810. The topological polar surface area (TPSA) is 175 Å². The molecule has 0 aromatic carbocycles. The lowest BCUT2D eigenvalue weighted by Crippen LogP contribution is -2.61. The first-order valence-corrected chi connectivity index (χ1v) is 30.6. The van der Waals surface area contributed by atoms with E-state index in [0.29, 0.717) is 25.7 Å². The predicted molar refractivity (Wildman–Crippen MR) is 303 cm³/mol. The van der Waals surface area contributed by atoms with E-state index in [-0.39, 0.29) is 25.9 Å². The van der Waals surface area contributed by atoms with Gasteiger partial charge in [-0.15, -0.1) is 0 Å². The van der Waals surface area contributed by atoms with E-state index in [1.165, 1.54) is 141 Å². The SMILES string of the molecule is CC/C=C\C/C=C\C/C=C\C/C=C\CCCCC(=O)OC1C(OCC(COC(=O)CCCCCCCCCCCCCCCCCCCCC)OC(=O)CCCCCCCCCCCCC)OC(C(=O)O)C(O)C1O. The summed E-state index contributed by atoms with van der Waals surface area (Å²) in [6.45, 7) is 5.88. The number of carboxylic acid groups (broad SMARTS) is 1. The Kier molecular flexibility index (Phi) is 47.8. The first-order chi connectivity index (χ1) is 36.6. The number of hydrogen-bond donors (Lipinski definition) is 3. The second-order valence-corrected chi connectivity index (χ2v) is 21.0. The number of aliphatic carboxylic acids is 1. The molecule has 6 unspecified atom stereocenters. The number of carboxylic acids is 1. The summed E-state index contributed by atoms with van der Waals surface area (Å²) < 4.78 is 28.4. The van der Waals surface area contributed by atoms with Crippen LogP contribution in [0.3, 0.4) is 0 Å². The molecule has 1 aliphatic rings. The van der Waals surface area contributed by atoms with Crippen molar-refractivity contribution >= 4 is 23.9 Å². The van der Waals surface area contributed by atoms with E-state index in [1.807, 2.05) is 0 Å². The Balaban J connectivity index is 2.65. The van der Waals surface area contributed by atoms with Gasteiger partial charge in [0.05, 0.1) is 6.61 Å². The molecule has 1 aliphatic heterocycles. The van der Waals surface area contributed by atoms with Crippen LogP contribution in [0.25, 0.3) is 0 Å². The van der Waals surface area contributed by atoms with Crippen molar-refractivity contribution in [3.63, 3.8) is 0 Å². The number of carbonyl (C=O) groups is 4. The molecule has 0 aromatic rings. The van der Waals surface area contributed by atoms with E-state index in [1.54, 1.807) is 0 Å². The fourth-order valence-corrected chi connectivity index (χ4v) is 9.24. The van der Waals surface area contributed by atoms with Crippen molar-refractivity contribution < 1.29 is 58.2 Å². The number of rotatable bonds is 52. The summed E-state index contributed by atoms with van der Waals surface area (Å²) in [5, 5.41) is 31.5. The lowest BCUT2D eigenvalue weighted by molar-refractivity contribution is -0.301. The van der Waals surface area contributed by atoms with Crippen LogP contribution in [0.15, 0.2) is 48.6 Å².